The molecule has 6 rings (SSSR count). The van der Waals surface area contributed by atoms with E-state index < -0.39 is 11.5 Å². The number of nitrogens with zero attached hydrogens (tertiary/aromatic N) is 3. The molecule has 1 aliphatic rings. The molecule has 0 aliphatic carbocycles. The number of hydrogen-bond acceptors (Lipinski definition) is 4. The number of aromatic nitrogens is 1. The Hall–Kier alpha value is -3.49. The number of carboxylic acid groups (broad SMARTS) is 1. The van der Waals surface area contributed by atoms with Crippen molar-refractivity contribution in [2.75, 3.05) is 25.5 Å². The number of likely N-dealkylation sites (N-methyl/N-ethyl adjacent to an activating group) is 1. The number of carboxylic acids is 1. The number of rotatable bonds is 3. The number of aryl methyl sites for hydroxylation is 1. The Labute approximate surface area is 279 Å². The molecule has 1 N–H and O–H groups in total. The van der Waals surface area contributed by atoms with E-state index >= 15 is 0 Å². The van der Waals surface area contributed by atoms with Crippen LogP contribution in [0.1, 0.15) is 43.6 Å². The van der Waals surface area contributed by atoms with Crippen LogP contribution in [0.2, 0.25) is 20.1 Å². The maximum absolute atomic E-state index is 14.4. The highest BCUT2D eigenvalue weighted by Gasteiger charge is 2.34. The second-order valence-electron chi connectivity index (χ2n) is 12.0. The van der Waals surface area contributed by atoms with Crippen LogP contribution in [0, 0.1) is 0 Å². The highest BCUT2D eigenvalue weighted by Crippen LogP contribution is 2.51. The molecule has 0 radical (unpaired) electrons. The summed E-state index contributed by atoms with van der Waals surface area (Å²) in [4.78, 5) is 29.5. The summed E-state index contributed by atoms with van der Waals surface area (Å²) >= 11 is 26.4. The first-order valence-electron chi connectivity index (χ1n) is 14.2. The zero-order valence-electron chi connectivity index (χ0n) is 25.7. The van der Waals surface area contributed by atoms with Gasteiger partial charge in [-0.25, -0.2) is 9.37 Å². The fourth-order valence-corrected chi connectivity index (χ4v) is 7.66. The van der Waals surface area contributed by atoms with Crippen LogP contribution in [0.15, 0.2) is 45.6 Å². The lowest BCUT2D eigenvalue weighted by Gasteiger charge is -2.42. The number of fused-ring (bicyclic) bond motifs is 5. The lowest BCUT2D eigenvalue weighted by atomic mass is 9.86. The number of allylic oxidation sites excluding steroid dienone is 1. The minimum absolute atomic E-state index is 0.0132. The molecule has 3 aromatic carbocycles. The number of carbonyl (C=O) groups is 1. The van der Waals surface area contributed by atoms with Crippen LogP contribution in [0.25, 0.3) is 49.5 Å². The molecular weight excluding hydrogens is 656 g/mol. The first-order chi connectivity index (χ1) is 21.1. The van der Waals surface area contributed by atoms with Gasteiger partial charge in [0.2, 0.25) is 5.36 Å². The van der Waals surface area contributed by atoms with Gasteiger partial charge in [0.15, 0.2) is 0 Å². The van der Waals surface area contributed by atoms with E-state index in [0.717, 1.165) is 28.7 Å². The molecule has 0 bridgehead atoms. The molecule has 0 fully saturated rings. The van der Waals surface area contributed by atoms with Crippen molar-refractivity contribution >= 4 is 96.5 Å². The highest BCUT2D eigenvalue weighted by atomic mass is 35.5. The molecule has 0 saturated carbocycles. The Bertz CT molecular complexity index is 2330. The third-order valence-corrected chi connectivity index (χ3v) is 10.5. The van der Waals surface area contributed by atoms with Gasteiger partial charge in [0, 0.05) is 64.9 Å². The number of halogens is 4. The molecule has 7 nitrogen and oxygen atoms in total. The SMILES string of the molecule is CCN1c2cc3oc4c(c(-c5c(Cl)c(Cl)c(Cl)c(Cl)c5C(=O)O)c3cc2C(C)=CC1(C)C)c(=O)n(C)c1cc(=[N+](C)C)ccc41. The first kappa shape index (κ1) is 31.5. The van der Waals surface area contributed by atoms with Gasteiger partial charge >= 0.3 is 5.97 Å². The molecule has 1 aliphatic heterocycles. The van der Waals surface area contributed by atoms with Crippen molar-refractivity contribution in [3.63, 3.8) is 0 Å². The Balaban J connectivity index is 1.96. The number of anilines is 1. The fourth-order valence-electron chi connectivity index (χ4n) is 6.64. The van der Waals surface area contributed by atoms with Crippen LogP contribution in [-0.4, -0.2) is 41.8 Å². The Morgan fingerprint density at radius 2 is 1.64 bits per heavy atom. The van der Waals surface area contributed by atoms with Crippen LogP contribution in [0.4, 0.5) is 5.69 Å². The Morgan fingerprint density at radius 1 is 0.978 bits per heavy atom. The number of aromatic carboxylic acids is 1. The molecular formula is C34H30Cl4N3O4+. The minimum atomic E-state index is -1.38. The highest BCUT2D eigenvalue weighted by molar-refractivity contribution is 6.54. The lowest BCUT2D eigenvalue weighted by molar-refractivity contribution is 0.0698. The van der Waals surface area contributed by atoms with Crippen molar-refractivity contribution in [2.24, 2.45) is 7.05 Å². The van der Waals surface area contributed by atoms with Crippen molar-refractivity contribution in [3.05, 3.63) is 83.3 Å². The van der Waals surface area contributed by atoms with Gasteiger partial charge in [-0.05, 0) is 45.4 Å². The molecule has 232 valence electrons. The second kappa shape index (κ2) is 10.8. The standard InChI is InChI=1S/C34H29Cl4N3O4/c1-8-41-21-13-22-19(12-18(21)15(2)14-34(41,3)4)23(24-25(33(43)44)28(36)30(38)29(37)27(24)35)26-31(45-22)17-10-9-16(39(5)6)11-20(17)40(7)32(26)42/h9-14H,8H2,1-7H3/p+1. The van der Waals surface area contributed by atoms with Crippen LogP contribution >= 0.6 is 46.4 Å². The molecule has 0 atom stereocenters. The van der Waals surface area contributed by atoms with Crippen molar-refractivity contribution in [3.8, 4) is 11.1 Å². The van der Waals surface area contributed by atoms with Gasteiger partial charge in [-0.2, -0.15) is 0 Å². The normalized spacial score (nSPS) is 14.3. The van der Waals surface area contributed by atoms with Gasteiger partial charge in [0.25, 0.3) is 5.56 Å². The quantitative estimate of drug-likeness (QED) is 0.0678. The van der Waals surface area contributed by atoms with Crippen LogP contribution < -0.4 is 20.4 Å². The van der Waals surface area contributed by atoms with Crippen molar-refractivity contribution in [2.45, 2.75) is 33.2 Å². The number of pyridine rings is 1. The summed E-state index contributed by atoms with van der Waals surface area (Å²) in [5.41, 5.74) is 3.41. The van der Waals surface area contributed by atoms with E-state index in [4.69, 9.17) is 50.8 Å². The second-order valence-corrected chi connectivity index (χ2v) is 13.6. The molecule has 0 amide bonds. The largest absolute Gasteiger partial charge is 0.478 e. The van der Waals surface area contributed by atoms with Gasteiger partial charge in [0.1, 0.15) is 25.3 Å². The van der Waals surface area contributed by atoms with Crippen molar-refractivity contribution in [1.29, 1.82) is 0 Å². The maximum atomic E-state index is 14.4. The van der Waals surface area contributed by atoms with Crippen LogP contribution in [0.3, 0.4) is 0 Å². The maximum Gasteiger partial charge on any atom is 0.337 e. The topological polar surface area (TPSA) is 78.7 Å². The molecule has 0 unspecified atom stereocenters. The summed E-state index contributed by atoms with van der Waals surface area (Å²) in [6, 6.07) is 9.59. The fraction of sp³-hybridized carbons (Fsp3) is 0.265. The molecule has 0 spiro atoms. The lowest BCUT2D eigenvalue weighted by Crippen LogP contribution is -2.44. The van der Waals surface area contributed by atoms with E-state index in [1.165, 1.54) is 4.57 Å². The monoisotopic (exact) mass is 684 g/mol. The average molecular weight is 686 g/mol. The smallest absolute Gasteiger partial charge is 0.337 e. The minimum Gasteiger partial charge on any atom is -0.478 e. The van der Waals surface area contributed by atoms with E-state index in [0.29, 0.717) is 21.9 Å². The third kappa shape index (κ3) is 4.58. The van der Waals surface area contributed by atoms with E-state index in [2.05, 4.69) is 31.7 Å². The van der Waals surface area contributed by atoms with Crippen molar-refractivity contribution in [1.82, 2.24) is 9.14 Å². The van der Waals surface area contributed by atoms with Gasteiger partial charge in [0.05, 0.1) is 42.1 Å². The van der Waals surface area contributed by atoms with Gasteiger partial charge < -0.3 is 19.0 Å². The molecule has 11 heteroatoms. The summed E-state index contributed by atoms with van der Waals surface area (Å²) in [5.74, 6) is -1.38. The predicted molar refractivity (Wildman–Crippen MR) is 187 cm³/mol. The van der Waals surface area contributed by atoms with Crippen molar-refractivity contribution < 1.29 is 14.3 Å². The van der Waals surface area contributed by atoms with E-state index in [1.54, 1.807) is 7.05 Å². The summed E-state index contributed by atoms with van der Waals surface area (Å²) in [6.45, 7) is 9.13. The predicted octanol–water partition coefficient (Wildman–Crippen LogP) is 8.47. The third-order valence-electron chi connectivity index (χ3n) is 8.71. The van der Waals surface area contributed by atoms with E-state index in [-0.39, 0.29) is 53.3 Å². The van der Waals surface area contributed by atoms with E-state index in [1.807, 2.05) is 55.9 Å². The molecule has 3 heterocycles. The molecule has 2 aromatic heterocycles. The zero-order valence-corrected chi connectivity index (χ0v) is 28.7. The average Bonchev–Trinajstić information content (AvgIpc) is 2.98. The number of benzene rings is 3. The number of hydrogen-bond donors (Lipinski definition) is 1. The Morgan fingerprint density at radius 3 is 2.27 bits per heavy atom. The Kier molecular flexibility index (Phi) is 7.56. The molecule has 5 aromatic rings. The summed E-state index contributed by atoms with van der Waals surface area (Å²) < 4.78 is 10.2. The molecule has 45 heavy (non-hydrogen) atoms. The van der Waals surface area contributed by atoms with Crippen LogP contribution in [-0.2, 0) is 7.05 Å². The van der Waals surface area contributed by atoms with Gasteiger partial charge in [-0.3, -0.25) is 4.79 Å². The van der Waals surface area contributed by atoms with Gasteiger partial charge in [-0.1, -0.05) is 52.5 Å². The van der Waals surface area contributed by atoms with Crippen LogP contribution in [0.5, 0.6) is 0 Å². The summed E-state index contributed by atoms with van der Waals surface area (Å²) in [6.07, 6.45) is 2.18. The molecule has 0 saturated heterocycles. The summed E-state index contributed by atoms with van der Waals surface area (Å²) in [5, 5.41) is 11.9. The summed E-state index contributed by atoms with van der Waals surface area (Å²) in [7, 11) is 5.50. The van der Waals surface area contributed by atoms with E-state index in [9.17, 15) is 14.7 Å². The first-order valence-corrected chi connectivity index (χ1v) is 15.8. The zero-order chi connectivity index (χ0) is 32.9. The van der Waals surface area contributed by atoms with Gasteiger partial charge in [-0.15, -0.1) is 0 Å².